The Labute approximate surface area is 166 Å². The zero-order valence-corrected chi connectivity index (χ0v) is 16.0. The minimum Gasteiger partial charge on any atom is -0.321 e. The number of hydrogen-bond acceptors (Lipinski definition) is 5. The summed E-state index contributed by atoms with van der Waals surface area (Å²) in [4.78, 5) is 26.6. The molecule has 0 saturated carbocycles. The molecule has 0 radical (unpaired) electrons. The molecule has 140 valence electrons. The van der Waals surface area contributed by atoms with Crippen LogP contribution in [0.25, 0.3) is 0 Å². The van der Waals surface area contributed by atoms with E-state index >= 15 is 0 Å². The van der Waals surface area contributed by atoms with Crippen molar-refractivity contribution in [1.29, 1.82) is 0 Å². The van der Waals surface area contributed by atoms with Crippen molar-refractivity contribution in [2.24, 2.45) is 5.92 Å². The summed E-state index contributed by atoms with van der Waals surface area (Å²) in [5.41, 5.74) is 1.54. The van der Waals surface area contributed by atoms with Gasteiger partial charge in [-0.05, 0) is 23.8 Å². The second kappa shape index (κ2) is 7.90. The Morgan fingerprint density at radius 2 is 1.81 bits per heavy atom. The molecule has 2 heterocycles. The average molecular weight is 403 g/mol. The summed E-state index contributed by atoms with van der Waals surface area (Å²) in [5.74, 6) is 0.157. The van der Waals surface area contributed by atoms with Crippen molar-refractivity contribution in [3.63, 3.8) is 0 Å². The third kappa shape index (κ3) is 3.82. The summed E-state index contributed by atoms with van der Waals surface area (Å²) >= 11 is 7.84. The molecule has 0 spiro atoms. The van der Waals surface area contributed by atoms with E-state index in [1.807, 2.05) is 30.3 Å². The first kappa shape index (κ1) is 18.3. The number of halogens is 1. The molecule has 0 bridgehead atoms. The van der Waals surface area contributed by atoms with Gasteiger partial charge in [-0.3, -0.25) is 15.4 Å². The van der Waals surface area contributed by atoms with Gasteiger partial charge in [0.1, 0.15) is 5.50 Å². The van der Waals surface area contributed by atoms with Crippen molar-refractivity contribution in [3.8, 4) is 0 Å². The topological polar surface area (TPSA) is 73.5 Å². The number of benzene rings is 2. The average Bonchev–Trinajstić information content (AvgIpc) is 2.68. The van der Waals surface area contributed by atoms with Gasteiger partial charge in [0.05, 0.1) is 17.8 Å². The summed E-state index contributed by atoms with van der Waals surface area (Å²) in [6, 6.07) is 16.3. The number of nitrogens with zero attached hydrogens (tertiary/aromatic N) is 1. The highest BCUT2D eigenvalue weighted by molar-refractivity contribution is 7.99. The van der Waals surface area contributed by atoms with E-state index in [-0.39, 0.29) is 17.3 Å². The third-order valence-corrected chi connectivity index (χ3v) is 6.14. The van der Waals surface area contributed by atoms with Crippen molar-refractivity contribution in [2.45, 2.75) is 17.4 Å². The fraction of sp³-hybridized carbons (Fsp3) is 0.263. The number of carbonyl (C=O) groups is 2. The molecule has 3 N–H and O–H groups in total. The van der Waals surface area contributed by atoms with Crippen molar-refractivity contribution >= 4 is 41.0 Å². The van der Waals surface area contributed by atoms with Crippen molar-refractivity contribution in [2.75, 3.05) is 11.4 Å². The lowest BCUT2D eigenvalue weighted by Crippen LogP contribution is -2.72. The van der Waals surface area contributed by atoms with Crippen LogP contribution in [0.5, 0.6) is 0 Å². The molecule has 6 nitrogen and oxygen atoms in total. The molecule has 3 atom stereocenters. The lowest BCUT2D eigenvalue weighted by Gasteiger charge is -2.43. The maximum Gasteiger partial charge on any atom is 0.330 e. The zero-order chi connectivity index (χ0) is 18.8. The van der Waals surface area contributed by atoms with Crippen LogP contribution in [-0.2, 0) is 10.5 Å². The lowest BCUT2D eigenvalue weighted by atomic mass is 9.99. The van der Waals surface area contributed by atoms with Crippen LogP contribution in [-0.4, -0.2) is 30.1 Å². The van der Waals surface area contributed by atoms with E-state index in [2.05, 4.69) is 16.0 Å². The molecule has 3 amide bonds. The second-order valence-corrected chi connectivity index (χ2v) is 7.90. The molecular weight excluding hydrogens is 384 g/mol. The summed E-state index contributed by atoms with van der Waals surface area (Å²) in [6.45, 7) is 0.486. The molecule has 2 aliphatic heterocycles. The first-order valence-corrected chi connectivity index (χ1v) is 10.1. The van der Waals surface area contributed by atoms with Gasteiger partial charge in [-0.15, -0.1) is 11.8 Å². The van der Waals surface area contributed by atoms with E-state index in [0.717, 1.165) is 16.3 Å². The molecule has 3 unspecified atom stereocenters. The number of para-hydroxylation sites is 1. The van der Waals surface area contributed by atoms with E-state index in [4.69, 9.17) is 11.6 Å². The van der Waals surface area contributed by atoms with Crippen molar-refractivity contribution < 1.29 is 9.59 Å². The smallest absolute Gasteiger partial charge is 0.321 e. The fourth-order valence-electron chi connectivity index (χ4n) is 3.24. The predicted molar refractivity (Wildman–Crippen MR) is 107 cm³/mol. The summed E-state index contributed by atoms with van der Waals surface area (Å²) in [5, 5.41) is 10.3. The van der Waals surface area contributed by atoms with Crippen LogP contribution in [0.4, 0.5) is 10.5 Å². The first-order chi connectivity index (χ1) is 13.1. The van der Waals surface area contributed by atoms with Gasteiger partial charge < -0.3 is 5.32 Å². The normalized spacial score (nSPS) is 25.1. The Hall–Kier alpha value is -2.06. The number of imide groups is 1. The molecule has 8 heteroatoms. The second-order valence-electron chi connectivity index (χ2n) is 6.40. The van der Waals surface area contributed by atoms with Gasteiger partial charge in [0, 0.05) is 17.3 Å². The number of nitrogens with one attached hydrogen (secondary N) is 3. The number of rotatable bonds is 4. The highest BCUT2D eigenvalue weighted by Crippen LogP contribution is 2.27. The fourth-order valence-corrected chi connectivity index (χ4v) is 4.58. The van der Waals surface area contributed by atoms with Crippen LogP contribution in [0.15, 0.2) is 54.6 Å². The third-order valence-electron chi connectivity index (χ3n) is 4.65. The Balaban J connectivity index is 1.41. The van der Waals surface area contributed by atoms with Crippen LogP contribution in [0.3, 0.4) is 0 Å². The van der Waals surface area contributed by atoms with Crippen molar-refractivity contribution in [1.82, 2.24) is 16.0 Å². The Bertz CT molecular complexity index is 851. The molecule has 2 aromatic rings. The summed E-state index contributed by atoms with van der Waals surface area (Å²) < 4.78 is 0. The highest BCUT2D eigenvalue weighted by Gasteiger charge is 2.44. The van der Waals surface area contributed by atoms with Crippen LogP contribution in [0, 0.1) is 5.92 Å². The van der Waals surface area contributed by atoms with E-state index in [9.17, 15) is 9.59 Å². The maximum atomic E-state index is 12.9. The van der Waals surface area contributed by atoms with E-state index in [1.165, 1.54) is 4.90 Å². The summed E-state index contributed by atoms with van der Waals surface area (Å²) in [7, 11) is 0. The summed E-state index contributed by atoms with van der Waals surface area (Å²) in [6.07, 6.45) is -0.394. The Morgan fingerprint density at radius 1 is 1.07 bits per heavy atom. The van der Waals surface area contributed by atoms with Gasteiger partial charge in [-0.25, -0.2) is 9.69 Å². The van der Waals surface area contributed by atoms with Crippen molar-refractivity contribution in [3.05, 3.63) is 65.2 Å². The molecule has 0 aromatic heterocycles. The quantitative estimate of drug-likeness (QED) is 0.733. The van der Waals surface area contributed by atoms with Gasteiger partial charge in [0.15, 0.2) is 0 Å². The Kier molecular flexibility index (Phi) is 5.36. The van der Waals surface area contributed by atoms with Crippen LogP contribution >= 0.6 is 23.4 Å². The van der Waals surface area contributed by atoms with E-state index in [0.29, 0.717) is 12.2 Å². The van der Waals surface area contributed by atoms with Crippen LogP contribution in [0.2, 0.25) is 5.02 Å². The van der Waals surface area contributed by atoms with Gasteiger partial charge in [0.2, 0.25) is 5.91 Å². The molecular formula is C19H19ClN4O2S. The van der Waals surface area contributed by atoms with E-state index in [1.54, 1.807) is 36.0 Å². The molecule has 2 aromatic carbocycles. The highest BCUT2D eigenvalue weighted by atomic mass is 35.5. The lowest BCUT2D eigenvalue weighted by molar-refractivity contribution is -0.124. The number of urea groups is 1. The molecule has 2 saturated heterocycles. The number of amides is 3. The number of fused-ring (bicyclic) bond motifs is 1. The van der Waals surface area contributed by atoms with Gasteiger partial charge in [-0.2, -0.15) is 0 Å². The molecule has 0 aliphatic carbocycles. The zero-order valence-electron chi connectivity index (χ0n) is 14.4. The number of anilines is 1. The standard InChI is InChI=1S/C19H19ClN4O2S/c20-15-9-5-4-6-12(15)11-27-18-21-10-14-16(22-18)23-19(26)24(17(14)25)13-7-2-1-3-8-13/h1-9,14,16,18,21-22H,10-11H2,(H,23,26). The van der Waals surface area contributed by atoms with Gasteiger partial charge in [0.25, 0.3) is 0 Å². The minimum atomic E-state index is -0.406. The largest absolute Gasteiger partial charge is 0.330 e. The van der Waals surface area contributed by atoms with Crippen LogP contribution < -0.4 is 20.9 Å². The molecule has 2 fully saturated rings. The number of hydrogen-bond donors (Lipinski definition) is 3. The monoisotopic (exact) mass is 402 g/mol. The Morgan fingerprint density at radius 3 is 2.59 bits per heavy atom. The van der Waals surface area contributed by atoms with Gasteiger partial charge in [-0.1, -0.05) is 48.0 Å². The maximum absolute atomic E-state index is 12.9. The molecule has 2 aliphatic rings. The number of thioether (sulfide) groups is 1. The SMILES string of the molecule is O=C1NC2NC(SCc3ccccc3Cl)NCC2C(=O)N1c1ccccc1. The first-order valence-electron chi connectivity index (χ1n) is 8.67. The predicted octanol–water partition coefficient (Wildman–Crippen LogP) is 2.75. The van der Waals surface area contributed by atoms with Crippen LogP contribution in [0.1, 0.15) is 5.56 Å². The van der Waals surface area contributed by atoms with E-state index < -0.39 is 12.2 Å². The minimum absolute atomic E-state index is 0.0844. The number of carbonyl (C=O) groups excluding carboxylic acids is 2. The molecule has 27 heavy (non-hydrogen) atoms. The molecule has 4 rings (SSSR count). The van der Waals surface area contributed by atoms with Gasteiger partial charge >= 0.3 is 6.03 Å².